The maximum atomic E-state index is 10.2. The molecule has 0 spiro atoms. The van der Waals surface area contributed by atoms with Gasteiger partial charge in [-0.15, -0.1) is 0 Å². The van der Waals surface area contributed by atoms with Crippen LogP contribution in [-0.2, 0) is 6.54 Å². The first-order valence-electron chi connectivity index (χ1n) is 7.49. The van der Waals surface area contributed by atoms with Crippen molar-refractivity contribution in [2.45, 2.75) is 12.8 Å². The molecule has 0 radical (unpaired) electrons. The molecule has 1 atom stereocenters. The quantitative estimate of drug-likeness (QED) is 0.742. The summed E-state index contributed by atoms with van der Waals surface area (Å²) in [7, 11) is 0. The Morgan fingerprint density at radius 3 is 2.50 bits per heavy atom. The summed E-state index contributed by atoms with van der Waals surface area (Å²) in [6.45, 7) is 1.50. The molecule has 3 heteroatoms. The van der Waals surface area contributed by atoms with Gasteiger partial charge in [0.15, 0.2) is 0 Å². The van der Waals surface area contributed by atoms with Crippen LogP contribution in [0.3, 0.4) is 0 Å². The zero-order valence-corrected chi connectivity index (χ0v) is 12.4. The number of aliphatic hydroxyl groups is 1. The molecule has 1 aliphatic heterocycles. The Balaban J connectivity index is 1.62. The summed E-state index contributed by atoms with van der Waals surface area (Å²) in [5.41, 5.74) is 4.40. The molecule has 0 aromatic heterocycles. The molecule has 0 fully saturated rings. The lowest BCUT2D eigenvalue weighted by Gasteiger charge is -2.14. The second-order valence-corrected chi connectivity index (χ2v) is 5.29. The maximum Gasteiger partial charge on any atom is 0.131 e. The normalized spacial score (nSPS) is 15.0. The van der Waals surface area contributed by atoms with E-state index in [1.54, 1.807) is 0 Å². The summed E-state index contributed by atoms with van der Waals surface area (Å²) >= 11 is 0. The predicted molar refractivity (Wildman–Crippen MR) is 89.8 cm³/mol. The van der Waals surface area contributed by atoms with Crippen molar-refractivity contribution in [3.8, 4) is 0 Å². The number of hydrogen-bond donors (Lipinski definition) is 3. The third-order valence-electron chi connectivity index (χ3n) is 3.72. The van der Waals surface area contributed by atoms with Gasteiger partial charge < -0.3 is 10.4 Å². The van der Waals surface area contributed by atoms with Gasteiger partial charge in [0.1, 0.15) is 6.23 Å². The third kappa shape index (κ3) is 3.64. The highest BCUT2D eigenvalue weighted by atomic mass is 16.3. The van der Waals surface area contributed by atoms with Gasteiger partial charge in [-0.2, -0.15) is 0 Å². The summed E-state index contributed by atoms with van der Waals surface area (Å²) in [5, 5.41) is 16.5. The molecule has 112 valence electrons. The molecule has 3 N–H and O–H groups in total. The third-order valence-corrected chi connectivity index (χ3v) is 3.72. The van der Waals surface area contributed by atoms with Gasteiger partial charge >= 0.3 is 0 Å². The molecule has 0 aliphatic carbocycles. The van der Waals surface area contributed by atoms with E-state index in [0.717, 1.165) is 23.2 Å². The number of rotatable bonds is 5. The zero-order chi connectivity index (χ0) is 15.2. The number of hydrogen-bond acceptors (Lipinski definition) is 3. The van der Waals surface area contributed by atoms with Crippen molar-refractivity contribution in [1.29, 1.82) is 0 Å². The van der Waals surface area contributed by atoms with Crippen molar-refractivity contribution < 1.29 is 5.11 Å². The molecule has 2 aromatic rings. The maximum absolute atomic E-state index is 10.2. The van der Waals surface area contributed by atoms with Crippen LogP contribution in [-0.4, -0.2) is 11.7 Å². The lowest BCUT2D eigenvalue weighted by molar-refractivity contribution is 0.137. The molecule has 0 saturated heterocycles. The highest BCUT2D eigenvalue weighted by Crippen LogP contribution is 2.20. The van der Waals surface area contributed by atoms with Crippen molar-refractivity contribution in [1.82, 2.24) is 10.6 Å². The van der Waals surface area contributed by atoms with E-state index in [0.29, 0.717) is 6.54 Å². The first-order valence-corrected chi connectivity index (χ1v) is 7.49. The van der Waals surface area contributed by atoms with E-state index >= 15 is 0 Å². The van der Waals surface area contributed by atoms with Crippen LogP contribution in [0.2, 0.25) is 0 Å². The topological polar surface area (TPSA) is 44.3 Å². The van der Waals surface area contributed by atoms with Crippen LogP contribution in [0.25, 0.3) is 5.57 Å². The fourth-order valence-corrected chi connectivity index (χ4v) is 2.45. The molecule has 0 bridgehead atoms. The van der Waals surface area contributed by atoms with Crippen LogP contribution >= 0.6 is 0 Å². The SMILES string of the molecule is OC(NCc1ccccc1)c1ccc(C2=CCNC=C2)cc1. The van der Waals surface area contributed by atoms with Gasteiger partial charge in [-0.25, -0.2) is 0 Å². The summed E-state index contributed by atoms with van der Waals surface area (Å²) in [6, 6.07) is 18.1. The van der Waals surface area contributed by atoms with Crippen LogP contribution in [0.15, 0.2) is 72.9 Å². The lowest BCUT2D eigenvalue weighted by atomic mass is 10.0. The number of dihydropyridines is 1. The zero-order valence-electron chi connectivity index (χ0n) is 12.4. The molecule has 22 heavy (non-hydrogen) atoms. The molecular formula is C19H20N2O. The van der Waals surface area contributed by atoms with E-state index in [1.807, 2.05) is 60.8 Å². The largest absolute Gasteiger partial charge is 0.387 e. The number of allylic oxidation sites excluding steroid dienone is 2. The number of aliphatic hydroxyl groups excluding tert-OH is 1. The van der Waals surface area contributed by atoms with Crippen LogP contribution in [0.4, 0.5) is 0 Å². The predicted octanol–water partition coefficient (Wildman–Crippen LogP) is 2.97. The average molecular weight is 292 g/mol. The van der Waals surface area contributed by atoms with Crippen LogP contribution in [0.1, 0.15) is 22.9 Å². The van der Waals surface area contributed by atoms with Gasteiger partial charge in [0, 0.05) is 13.1 Å². The van der Waals surface area contributed by atoms with Gasteiger partial charge in [0.2, 0.25) is 0 Å². The van der Waals surface area contributed by atoms with E-state index in [4.69, 9.17) is 0 Å². The minimum Gasteiger partial charge on any atom is -0.387 e. The summed E-state index contributed by atoms with van der Waals surface area (Å²) < 4.78 is 0. The van der Waals surface area contributed by atoms with Crippen molar-refractivity contribution in [2.24, 2.45) is 0 Å². The monoisotopic (exact) mass is 292 g/mol. The van der Waals surface area contributed by atoms with Crippen molar-refractivity contribution >= 4 is 5.57 Å². The first kappa shape index (κ1) is 14.6. The van der Waals surface area contributed by atoms with Gasteiger partial charge in [0.05, 0.1) is 0 Å². The second kappa shape index (κ2) is 7.07. The van der Waals surface area contributed by atoms with Gasteiger partial charge in [-0.3, -0.25) is 5.32 Å². The fourth-order valence-electron chi connectivity index (χ4n) is 2.45. The minimum atomic E-state index is -0.660. The minimum absolute atomic E-state index is 0.642. The summed E-state index contributed by atoms with van der Waals surface area (Å²) in [4.78, 5) is 0. The van der Waals surface area contributed by atoms with Gasteiger partial charge in [-0.1, -0.05) is 60.7 Å². The fraction of sp³-hybridized carbons (Fsp3) is 0.158. The second-order valence-electron chi connectivity index (χ2n) is 5.29. The summed E-state index contributed by atoms with van der Waals surface area (Å²) in [6.07, 6.45) is 5.51. The highest BCUT2D eigenvalue weighted by molar-refractivity contribution is 5.74. The van der Waals surface area contributed by atoms with Gasteiger partial charge in [-0.05, 0) is 34.5 Å². The number of nitrogens with one attached hydrogen (secondary N) is 2. The lowest BCUT2D eigenvalue weighted by Crippen LogP contribution is -2.20. The van der Waals surface area contributed by atoms with Gasteiger partial charge in [0.25, 0.3) is 0 Å². The van der Waals surface area contributed by atoms with Crippen molar-refractivity contribution in [3.63, 3.8) is 0 Å². The Hall–Kier alpha value is -2.36. The highest BCUT2D eigenvalue weighted by Gasteiger charge is 2.07. The van der Waals surface area contributed by atoms with E-state index < -0.39 is 6.23 Å². The van der Waals surface area contributed by atoms with E-state index in [9.17, 15) is 5.11 Å². The molecule has 1 aliphatic rings. The standard InChI is InChI=1S/C19H20N2O/c22-19(21-14-15-4-2-1-3-5-15)18-8-6-16(7-9-18)17-10-12-20-13-11-17/h1-12,19-22H,13-14H2. The Morgan fingerprint density at radius 1 is 1.05 bits per heavy atom. The first-order chi connectivity index (χ1) is 10.8. The van der Waals surface area contributed by atoms with Crippen molar-refractivity contribution in [2.75, 3.05) is 6.54 Å². The Bertz CT molecular complexity index is 660. The van der Waals surface area contributed by atoms with E-state index in [2.05, 4.69) is 22.8 Å². The average Bonchev–Trinajstić information content (AvgIpc) is 2.61. The molecular weight excluding hydrogens is 272 g/mol. The van der Waals surface area contributed by atoms with Crippen LogP contribution in [0.5, 0.6) is 0 Å². The molecule has 1 heterocycles. The number of benzene rings is 2. The van der Waals surface area contributed by atoms with Crippen molar-refractivity contribution in [3.05, 3.63) is 89.6 Å². The van der Waals surface area contributed by atoms with Crippen LogP contribution in [0, 0.1) is 0 Å². The Morgan fingerprint density at radius 2 is 1.82 bits per heavy atom. The Labute approximate surface area is 131 Å². The van der Waals surface area contributed by atoms with E-state index in [-0.39, 0.29) is 0 Å². The summed E-state index contributed by atoms with van der Waals surface area (Å²) in [5.74, 6) is 0. The molecule has 0 amide bonds. The van der Waals surface area contributed by atoms with E-state index in [1.165, 1.54) is 5.57 Å². The van der Waals surface area contributed by atoms with Crippen LogP contribution < -0.4 is 10.6 Å². The molecule has 1 unspecified atom stereocenters. The molecule has 0 saturated carbocycles. The molecule has 3 nitrogen and oxygen atoms in total. The molecule has 3 rings (SSSR count). The Kier molecular flexibility index (Phi) is 4.68. The molecule has 2 aromatic carbocycles. The smallest absolute Gasteiger partial charge is 0.131 e.